The predicted molar refractivity (Wildman–Crippen MR) is 164 cm³/mol. The smallest absolute Gasteiger partial charge is 0.251 e. The van der Waals surface area contributed by atoms with E-state index in [-0.39, 0.29) is 42.0 Å². The summed E-state index contributed by atoms with van der Waals surface area (Å²) in [7, 11) is 0. The molecule has 244 valence electrons. The van der Waals surface area contributed by atoms with Crippen LogP contribution in [0.2, 0.25) is 5.02 Å². The monoisotopic (exact) mass is 657 g/mol. The third-order valence-electron chi connectivity index (χ3n) is 7.30. The predicted octanol–water partition coefficient (Wildman–Crippen LogP) is 3.92. The number of hydrogen-bond donors (Lipinski definition) is 7. The second-order valence-electron chi connectivity index (χ2n) is 10.6. The van der Waals surface area contributed by atoms with E-state index in [0.717, 1.165) is 5.56 Å². The van der Waals surface area contributed by atoms with Gasteiger partial charge in [0.2, 0.25) is 30.3 Å². The van der Waals surface area contributed by atoms with Crippen molar-refractivity contribution in [2.24, 2.45) is 0 Å². The molecule has 0 unspecified atom stereocenters. The van der Waals surface area contributed by atoms with Crippen molar-refractivity contribution in [1.29, 1.82) is 0 Å². The van der Waals surface area contributed by atoms with Crippen molar-refractivity contribution in [3.63, 3.8) is 0 Å². The van der Waals surface area contributed by atoms with Crippen LogP contribution in [0.3, 0.4) is 0 Å². The van der Waals surface area contributed by atoms with Gasteiger partial charge in [-0.3, -0.25) is 4.79 Å². The molecular formula is C32H32ClNO12. The average Bonchev–Trinajstić information content (AvgIpc) is 3.63. The molecule has 13 nitrogen and oxygen atoms in total. The van der Waals surface area contributed by atoms with Gasteiger partial charge in [0.15, 0.2) is 23.0 Å². The van der Waals surface area contributed by atoms with Crippen molar-refractivity contribution in [1.82, 2.24) is 0 Å². The van der Waals surface area contributed by atoms with Crippen molar-refractivity contribution >= 4 is 29.3 Å². The Bertz CT molecular complexity index is 1690. The Kier molecular flexibility index (Phi) is 9.79. The highest BCUT2D eigenvalue weighted by Gasteiger charge is 2.45. The van der Waals surface area contributed by atoms with Gasteiger partial charge >= 0.3 is 0 Å². The molecular weight excluding hydrogens is 626 g/mol. The zero-order valence-corrected chi connectivity index (χ0v) is 25.4. The molecule has 0 radical (unpaired) electrons. The summed E-state index contributed by atoms with van der Waals surface area (Å²) < 4.78 is 27.2. The number of aliphatic hydroxyl groups is 2. The number of rotatable bonds is 10. The van der Waals surface area contributed by atoms with Gasteiger partial charge < -0.3 is 59.6 Å². The highest BCUT2D eigenvalue weighted by atomic mass is 35.5. The number of aromatic hydroxyl groups is 4. The molecule has 14 heteroatoms. The summed E-state index contributed by atoms with van der Waals surface area (Å²) in [5.74, 6) is -3.75. The van der Waals surface area contributed by atoms with Gasteiger partial charge in [-0.25, -0.2) is 0 Å². The van der Waals surface area contributed by atoms with Crippen LogP contribution in [0.25, 0.3) is 6.08 Å². The highest BCUT2D eigenvalue weighted by Crippen LogP contribution is 2.56. The number of nitrogens with one attached hydrogen (secondary N) is 1. The van der Waals surface area contributed by atoms with E-state index in [9.17, 15) is 35.4 Å². The first kappa shape index (κ1) is 32.7. The van der Waals surface area contributed by atoms with Gasteiger partial charge in [0.1, 0.15) is 24.0 Å². The maximum absolute atomic E-state index is 12.8. The minimum absolute atomic E-state index is 0.0478. The third-order valence-corrected chi connectivity index (χ3v) is 7.53. The van der Waals surface area contributed by atoms with Crippen molar-refractivity contribution in [2.45, 2.75) is 45.1 Å². The van der Waals surface area contributed by atoms with Crippen LogP contribution in [0.1, 0.15) is 25.0 Å². The molecule has 7 N–H and O–H groups in total. The van der Waals surface area contributed by atoms with E-state index in [1.807, 2.05) is 12.1 Å². The number of carbonyl (C=O) groups excluding carboxylic acids is 1. The number of benzene rings is 3. The zero-order valence-electron chi connectivity index (χ0n) is 24.6. The van der Waals surface area contributed by atoms with Crippen molar-refractivity contribution in [3.05, 3.63) is 75.8 Å². The number of aliphatic hydroxyl groups excluding tert-OH is 2. The first-order chi connectivity index (χ1) is 21.9. The molecule has 0 aromatic heterocycles. The lowest BCUT2D eigenvalue weighted by atomic mass is 10.0. The number of phenolic OH excluding ortho intramolecular Hbond substituents is 4. The number of fused-ring (bicyclic) bond motifs is 1. The Labute approximate surface area is 268 Å². The lowest BCUT2D eigenvalue weighted by molar-refractivity contribution is -0.112. The van der Waals surface area contributed by atoms with Crippen LogP contribution in [0.4, 0.5) is 5.69 Å². The summed E-state index contributed by atoms with van der Waals surface area (Å²) in [5.41, 5.74) is 1.52. The van der Waals surface area contributed by atoms with Gasteiger partial charge in [-0.2, -0.15) is 0 Å². The van der Waals surface area contributed by atoms with E-state index in [2.05, 4.69) is 5.32 Å². The van der Waals surface area contributed by atoms with E-state index in [1.54, 1.807) is 25.1 Å². The van der Waals surface area contributed by atoms with E-state index in [1.165, 1.54) is 31.2 Å². The first-order valence-electron chi connectivity index (χ1n) is 14.0. The molecule has 1 fully saturated rings. The standard InChI is InChI=1S/C32H32ClNO12/c1-15(8-9-42-13-18-4-3-5-19(33)11-18)28-26(39)27(40)32(46-28)45-21-7-6-17(12-20(21)35)10-16(2)31(41)34-22-23(36)25(38)30-29(24(22)37)43-14-44-30/h3-8,10-12,26-28,32,35-40H,9,13-14H2,1-2H3,(H,34,41)/b15-8+,16-10+/t26-,27-,28+,32+/m0/s1. The number of ether oxygens (including phenoxy) is 5. The third kappa shape index (κ3) is 6.93. The molecule has 0 aliphatic carbocycles. The fourth-order valence-corrected chi connectivity index (χ4v) is 5.02. The molecule has 46 heavy (non-hydrogen) atoms. The molecule has 3 aromatic carbocycles. The summed E-state index contributed by atoms with van der Waals surface area (Å²) in [6.07, 6.45) is -1.77. The maximum Gasteiger partial charge on any atom is 0.251 e. The van der Waals surface area contributed by atoms with Crippen LogP contribution in [0.15, 0.2) is 59.7 Å². The molecule has 0 saturated carbocycles. The Morgan fingerprint density at radius 3 is 2.46 bits per heavy atom. The zero-order chi connectivity index (χ0) is 33.1. The molecule has 1 saturated heterocycles. The van der Waals surface area contributed by atoms with Crippen LogP contribution in [-0.2, 0) is 20.9 Å². The van der Waals surface area contributed by atoms with Crippen LogP contribution < -0.4 is 19.5 Å². The van der Waals surface area contributed by atoms with E-state index >= 15 is 0 Å². The van der Waals surface area contributed by atoms with Gasteiger partial charge in [0.05, 0.1) is 13.2 Å². The quantitative estimate of drug-likeness (QED) is 0.0546. The Hall–Kier alpha value is -4.66. The molecule has 2 aliphatic rings. The van der Waals surface area contributed by atoms with Crippen LogP contribution in [0, 0.1) is 0 Å². The molecule has 0 bridgehead atoms. The second kappa shape index (κ2) is 13.8. The number of carbonyl (C=O) groups is 1. The number of hydrogen-bond acceptors (Lipinski definition) is 12. The Morgan fingerprint density at radius 2 is 1.74 bits per heavy atom. The minimum atomic E-state index is -1.42. The number of anilines is 1. The fraction of sp³-hybridized carbons (Fsp3) is 0.281. The first-order valence-corrected chi connectivity index (χ1v) is 14.4. The van der Waals surface area contributed by atoms with E-state index in [0.29, 0.717) is 22.8 Å². The minimum Gasteiger partial charge on any atom is -0.504 e. The van der Waals surface area contributed by atoms with Crippen molar-refractivity contribution in [3.8, 4) is 40.2 Å². The molecule has 5 rings (SSSR count). The van der Waals surface area contributed by atoms with Crippen molar-refractivity contribution in [2.75, 3.05) is 18.7 Å². The van der Waals surface area contributed by atoms with Gasteiger partial charge in [-0.05, 0) is 60.9 Å². The van der Waals surface area contributed by atoms with Crippen LogP contribution >= 0.6 is 11.6 Å². The van der Waals surface area contributed by atoms with Gasteiger partial charge in [0, 0.05) is 10.6 Å². The lowest BCUT2D eigenvalue weighted by Gasteiger charge is -2.18. The number of amides is 1. The SMILES string of the molecule is C/C(=C\c1ccc(O[C@@H]2O[C@H](/C(C)=C/COCc3cccc(Cl)c3)[C@@H](O)[C@@H]2O)c(O)c1)C(=O)Nc1c(O)c(O)c2c(c1O)OCO2. The highest BCUT2D eigenvalue weighted by molar-refractivity contribution is 6.30. The van der Waals surface area contributed by atoms with Gasteiger partial charge in [-0.1, -0.05) is 35.9 Å². The van der Waals surface area contributed by atoms with Gasteiger partial charge in [0.25, 0.3) is 5.91 Å². The summed E-state index contributed by atoms with van der Waals surface area (Å²) in [5, 5.41) is 65.4. The molecule has 2 aliphatic heterocycles. The summed E-state index contributed by atoms with van der Waals surface area (Å²) in [6, 6.07) is 11.5. The largest absolute Gasteiger partial charge is 0.504 e. The summed E-state index contributed by atoms with van der Waals surface area (Å²) in [4.78, 5) is 12.8. The number of phenols is 4. The molecule has 4 atom stereocenters. The average molecular weight is 658 g/mol. The summed E-state index contributed by atoms with van der Waals surface area (Å²) >= 11 is 5.99. The summed E-state index contributed by atoms with van der Waals surface area (Å²) in [6.45, 7) is 3.43. The second-order valence-corrected chi connectivity index (χ2v) is 11.0. The van der Waals surface area contributed by atoms with Crippen molar-refractivity contribution < 1.29 is 59.1 Å². The molecule has 2 heterocycles. The van der Waals surface area contributed by atoms with Crippen LogP contribution in [-0.4, -0.2) is 74.5 Å². The normalized spacial score (nSPS) is 21.0. The molecule has 3 aromatic rings. The topological polar surface area (TPSA) is 197 Å². The van der Waals surface area contributed by atoms with Gasteiger partial charge in [-0.15, -0.1) is 0 Å². The fourth-order valence-electron chi connectivity index (χ4n) is 4.81. The van der Waals surface area contributed by atoms with E-state index in [4.69, 9.17) is 35.3 Å². The maximum atomic E-state index is 12.8. The molecule has 0 spiro atoms. The number of halogens is 1. The van der Waals surface area contributed by atoms with Crippen LogP contribution in [0.5, 0.6) is 40.2 Å². The lowest BCUT2D eigenvalue weighted by Crippen LogP contribution is -2.35. The molecule has 1 amide bonds. The van der Waals surface area contributed by atoms with E-state index < -0.39 is 53.4 Å². The Balaban J connectivity index is 1.19. The Morgan fingerprint density at radius 1 is 1.00 bits per heavy atom.